The maximum Gasteiger partial charge on any atom is 0.0538 e. The number of fused-ring (bicyclic) bond motifs is 4. The van der Waals surface area contributed by atoms with Crippen molar-refractivity contribution in [1.29, 1.82) is 0 Å². The van der Waals surface area contributed by atoms with Crippen molar-refractivity contribution in [1.82, 2.24) is 15.1 Å². The number of rotatable bonds is 4. The van der Waals surface area contributed by atoms with Gasteiger partial charge >= 0.3 is 0 Å². The molecular weight excluding hydrogens is 246 g/mol. The highest BCUT2D eigenvalue weighted by Gasteiger charge is 2.40. The van der Waals surface area contributed by atoms with E-state index in [9.17, 15) is 0 Å². The van der Waals surface area contributed by atoms with Gasteiger partial charge in [0.2, 0.25) is 0 Å². The molecule has 0 saturated carbocycles. The molecule has 3 nitrogen and oxygen atoms in total. The molecule has 0 amide bonds. The Labute approximate surface area is 120 Å². The molecule has 2 aliphatic rings. The van der Waals surface area contributed by atoms with Crippen LogP contribution in [0, 0.1) is 0 Å². The average molecular weight is 267 g/mol. The average Bonchev–Trinajstić information content (AvgIpc) is 3.06. The second-order valence-corrected chi connectivity index (χ2v) is 6.08. The van der Waals surface area contributed by atoms with Crippen molar-refractivity contribution in [2.75, 3.05) is 6.54 Å². The number of benzene rings is 1. The lowest BCUT2D eigenvalue weighted by molar-refractivity contribution is 0.175. The van der Waals surface area contributed by atoms with E-state index in [2.05, 4.69) is 45.4 Å². The summed E-state index contributed by atoms with van der Waals surface area (Å²) < 4.78 is 0. The molecule has 2 atom stereocenters. The molecule has 2 aromatic rings. The molecule has 0 radical (unpaired) electrons. The van der Waals surface area contributed by atoms with Gasteiger partial charge in [-0.1, -0.05) is 30.3 Å². The summed E-state index contributed by atoms with van der Waals surface area (Å²) >= 11 is 0. The zero-order valence-corrected chi connectivity index (χ0v) is 11.8. The van der Waals surface area contributed by atoms with Crippen LogP contribution in [0.5, 0.6) is 0 Å². The van der Waals surface area contributed by atoms with E-state index in [1.165, 1.54) is 49.0 Å². The third kappa shape index (κ3) is 2.06. The summed E-state index contributed by atoms with van der Waals surface area (Å²) in [5.41, 5.74) is 4.30. The van der Waals surface area contributed by atoms with Crippen molar-refractivity contribution in [3.05, 3.63) is 53.3 Å². The molecule has 1 aromatic heterocycles. The standard InChI is InChI=1S/C17H21N3/c1-2-5-13(6-3-1)7-4-10-20-14-8-9-17(20)15-12-18-19-16(15)11-14/h1-3,5-6,12,14,17H,4,7-11H2,(H,18,19). The summed E-state index contributed by atoms with van der Waals surface area (Å²) in [6.07, 6.45) is 8.31. The van der Waals surface area contributed by atoms with E-state index in [-0.39, 0.29) is 0 Å². The molecule has 1 N–H and O–H groups in total. The number of aryl methyl sites for hydroxylation is 1. The first kappa shape index (κ1) is 12.2. The number of nitrogens with zero attached hydrogens (tertiary/aromatic N) is 2. The Morgan fingerprint density at radius 2 is 2.10 bits per heavy atom. The lowest BCUT2D eigenvalue weighted by Crippen LogP contribution is -2.38. The fraction of sp³-hybridized carbons (Fsp3) is 0.471. The van der Waals surface area contributed by atoms with Gasteiger partial charge in [0.05, 0.1) is 6.20 Å². The van der Waals surface area contributed by atoms with Crippen LogP contribution in [0.25, 0.3) is 0 Å². The van der Waals surface area contributed by atoms with Crippen LogP contribution < -0.4 is 0 Å². The number of aromatic amines is 1. The number of nitrogens with one attached hydrogen (secondary N) is 1. The van der Waals surface area contributed by atoms with E-state index in [0.717, 1.165) is 12.5 Å². The molecule has 1 aromatic carbocycles. The quantitative estimate of drug-likeness (QED) is 0.923. The number of hydrogen-bond donors (Lipinski definition) is 1. The van der Waals surface area contributed by atoms with E-state index >= 15 is 0 Å². The van der Waals surface area contributed by atoms with Crippen LogP contribution in [-0.2, 0) is 12.8 Å². The molecule has 2 bridgehead atoms. The third-order valence-corrected chi connectivity index (χ3v) is 4.92. The summed E-state index contributed by atoms with van der Waals surface area (Å²) in [4.78, 5) is 2.72. The van der Waals surface area contributed by atoms with Gasteiger partial charge in [0.25, 0.3) is 0 Å². The van der Waals surface area contributed by atoms with E-state index in [1.807, 2.05) is 6.20 Å². The van der Waals surface area contributed by atoms with Crippen LogP contribution in [0.1, 0.15) is 42.1 Å². The normalized spacial score (nSPS) is 24.8. The molecular formula is C17H21N3. The molecule has 2 unspecified atom stereocenters. The SMILES string of the molecule is c1ccc(CCCN2C3CCC2c2cn[nH]c2C3)cc1. The van der Waals surface area contributed by atoms with E-state index in [4.69, 9.17) is 0 Å². The molecule has 1 saturated heterocycles. The van der Waals surface area contributed by atoms with Crippen molar-refractivity contribution in [2.45, 2.75) is 44.2 Å². The summed E-state index contributed by atoms with van der Waals surface area (Å²) in [5, 5.41) is 7.42. The Morgan fingerprint density at radius 1 is 1.20 bits per heavy atom. The monoisotopic (exact) mass is 267 g/mol. The zero-order chi connectivity index (χ0) is 13.4. The zero-order valence-electron chi connectivity index (χ0n) is 11.8. The molecule has 1 fully saturated rings. The Kier molecular flexibility index (Phi) is 3.07. The molecule has 3 heterocycles. The minimum atomic E-state index is 0.623. The van der Waals surface area contributed by atoms with Crippen LogP contribution in [-0.4, -0.2) is 27.7 Å². The maximum atomic E-state index is 4.23. The van der Waals surface area contributed by atoms with Crippen LogP contribution in [0.15, 0.2) is 36.5 Å². The number of hydrogen-bond acceptors (Lipinski definition) is 2. The van der Waals surface area contributed by atoms with Gasteiger partial charge in [-0.25, -0.2) is 0 Å². The van der Waals surface area contributed by atoms with Crippen molar-refractivity contribution in [3.8, 4) is 0 Å². The third-order valence-electron chi connectivity index (χ3n) is 4.92. The van der Waals surface area contributed by atoms with Crippen LogP contribution in [0.4, 0.5) is 0 Å². The smallest absolute Gasteiger partial charge is 0.0538 e. The first-order valence-corrected chi connectivity index (χ1v) is 7.73. The fourth-order valence-electron chi connectivity index (χ4n) is 3.95. The summed E-state index contributed by atoms with van der Waals surface area (Å²) in [6, 6.07) is 12.2. The second-order valence-electron chi connectivity index (χ2n) is 6.08. The molecule has 0 aliphatic carbocycles. The maximum absolute atomic E-state index is 4.23. The number of aromatic nitrogens is 2. The van der Waals surface area contributed by atoms with Crippen LogP contribution in [0.2, 0.25) is 0 Å². The molecule has 0 spiro atoms. The highest BCUT2D eigenvalue weighted by Crippen LogP contribution is 2.42. The molecule has 104 valence electrons. The number of H-pyrrole nitrogens is 1. The van der Waals surface area contributed by atoms with Crippen molar-refractivity contribution >= 4 is 0 Å². The lowest BCUT2D eigenvalue weighted by Gasteiger charge is -2.34. The van der Waals surface area contributed by atoms with E-state index in [1.54, 1.807) is 0 Å². The van der Waals surface area contributed by atoms with E-state index in [0.29, 0.717) is 6.04 Å². The Hall–Kier alpha value is -1.61. The van der Waals surface area contributed by atoms with Gasteiger partial charge < -0.3 is 0 Å². The predicted octanol–water partition coefficient (Wildman–Crippen LogP) is 3.10. The van der Waals surface area contributed by atoms with Crippen LogP contribution in [0.3, 0.4) is 0 Å². The Bertz CT molecular complexity index is 575. The van der Waals surface area contributed by atoms with Gasteiger partial charge in [-0.15, -0.1) is 0 Å². The highest BCUT2D eigenvalue weighted by molar-refractivity contribution is 5.27. The Morgan fingerprint density at radius 3 is 3.00 bits per heavy atom. The first-order valence-electron chi connectivity index (χ1n) is 7.73. The van der Waals surface area contributed by atoms with Gasteiger partial charge in [0.1, 0.15) is 0 Å². The van der Waals surface area contributed by atoms with Gasteiger partial charge in [0.15, 0.2) is 0 Å². The molecule has 20 heavy (non-hydrogen) atoms. The summed E-state index contributed by atoms with van der Waals surface area (Å²) in [6.45, 7) is 1.22. The minimum Gasteiger partial charge on any atom is -0.293 e. The van der Waals surface area contributed by atoms with Gasteiger partial charge in [-0.05, 0) is 37.8 Å². The second kappa shape index (κ2) is 5.06. The van der Waals surface area contributed by atoms with E-state index < -0.39 is 0 Å². The minimum absolute atomic E-state index is 0.623. The summed E-state index contributed by atoms with van der Waals surface area (Å²) in [7, 11) is 0. The van der Waals surface area contributed by atoms with Crippen molar-refractivity contribution in [3.63, 3.8) is 0 Å². The fourth-order valence-corrected chi connectivity index (χ4v) is 3.95. The first-order chi connectivity index (χ1) is 9.92. The predicted molar refractivity (Wildman–Crippen MR) is 79.5 cm³/mol. The Balaban J connectivity index is 1.41. The van der Waals surface area contributed by atoms with Gasteiger partial charge in [-0.3, -0.25) is 10.00 Å². The van der Waals surface area contributed by atoms with Gasteiger partial charge in [0, 0.05) is 29.8 Å². The van der Waals surface area contributed by atoms with Crippen LogP contribution >= 0.6 is 0 Å². The van der Waals surface area contributed by atoms with Crippen molar-refractivity contribution in [2.24, 2.45) is 0 Å². The van der Waals surface area contributed by atoms with Gasteiger partial charge in [-0.2, -0.15) is 5.10 Å². The molecule has 4 rings (SSSR count). The largest absolute Gasteiger partial charge is 0.293 e. The molecule has 3 heteroatoms. The highest BCUT2D eigenvalue weighted by atomic mass is 15.2. The lowest BCUT2D eigenvalue weighted by atomic mass is 9.99. The van der Waals surface area contributed by atoms with Crippen molar-refractivity contribution < 1.29 is 0 Å². The molecule has 2 aliphatic heterocycles. The summed E-state index contributed by atoms with van der Waals surface area (Å²) in [5.74, 6) is 0. The topological polar surface area (TPSA) is 31.9 Å².